The van der Waals surface area contributed by atoms with E-state index in [0.29, 0.717) is 0 Å². The lowest BCUT2D eigenvalue weighted by atomic mass is 10.2. The van der Waals surface area contributed by atoms with Crippen LogP contribution in [0.4, 0.5) is 5.69 Å². The fourth-order valence-corrected chi connectivity index (χ4v) is 4.74. The van der Waals surface area contributed by atoms with E-state index in [1.807, 2.05) is 30.3 Å². The smallest absolute Gasteiger partial charge is 0.350 e. The molecule has 1 N–H and O–H groups in total. The van der Waals surface area contributed by atoms with Gasteiger partial charge in [-0.25, -0.2) is 13.2 Å². The monoisotopic (exact) mass is 415 g/mol. The second-order valence-corrected chi connectivity index (χ2v) is 8.87. The Morgan fingerprint density at radius 2 is 1.61 bits per heavy atom. The zero-order valence-electron chi connectivity index (χ0n) is 14.9. The summed E-state index contributed by atoms with van der Waals surface area (Å²) in [4.78, 5) is 25.5. The van der Waals surface area contributed by atoms with Crippen LogP contribution in [0.5, 0.6) is 0 Å². The Morgan fingerprint density at radius 3 is 2.21 bits per heavy atom. The molecule has 0 spiro atoms. The molecule has 0 saturated carbocycles. The quantitative estimate of drug-likeness (QED) is 0.621. The predicted octanol–water partition coefficient (Wildman–Crippen LogP) is 3.61. The Labute approximate surface area is 166 Å². The lowest BCUT2D eigenvalue weighted by molar-refractivity contribution is -0.113. The van der Waals surface area contributed by atoms with Gasteiger partial charge < -0.3 is 10.1 Å². The van der Waals surface area contributed by atoms with E-state index in [4.69, 9.17) is 4.74 Å². The molecular weight excluding hydrogens is 398 g/mol. The van der Waals surface area contributed by atoms with Gasteiger partial charge in [0.2, 0.25) is 5.91 Å². The molecule has 0 aliphatic rings. The van der Waals surface area contributed by atoms with Crippen LogP contribution in [0.3, 0.4) is 0 Å². The third kappa shape index (κ3) is 4.47. The van der Waals surface area contributed by atoms with E-state index in [0.717, 1.165) is 21.8 Å². The topological polar surface area (TPSA) is 89.5 Å². The standard InChI is InChI=1S/C20H17NO5S2/c1-26-20(23)19-16(12-17(27-19)14-8-4-2-5-9-14)21-18(22)13-28(24,25)15-10-6-3-7-11-15/h2-12H,13H2,1H3,(H,21,22). The zero-order chi connectivity index (χ0) is 20.1. The Bertz CT molecular complexity index is 1090. The summed E-state index contributed by atoms with van der Waals surface area (Å²) in [6.07, 6.45) is 0. The first-order chi connectivity index (χ1) is 13.4. The molecule has 0 atom stereocenters. The Kier molecular flexibility index (Phi) is 5.91. The molecular formula is C20H17NO5S2. The van der Waals surface area contributed by atoms with Crippen molar-refractivity contribution in [3.8, 4) is 10.4 Å². The van der Waals surface area contributed by atoms with Crippen LogP contribution < -0.4 is 5.32 Å². The van der Waals surface area contributed by atoms with E-state index in [1.54, 1.807) is 24.3 Å². The lowest BCUT2D eigenvalue weighted by Crippen LogP contribution is -2.23. The van der Waals surface area contributed by atoms with Crippen LogP contribution in [0.15, 0.2) is 71.6 Å². The van der Waals surface area contributed by atoms with Crippen LogP contribution >= 0.6 is 11.3 Å². The number of amides is 1. The minimum atomic E-state index is -3.79. The van der Waals surface area contributed by atoms with Gasteiger partial charge in [0.15, 0.2) is 9.84 Å². The average Bonchev–Trinajstić information content (AvgIpc) is 3.12. The summed E-state index contributed by atoms with van der Waals surface area (Å²) < 4.78 is 29.5. The van der Waals surface area contributed by atoms with Crippen molar-refractivity contribution < 1.29 is 22.7 Å². The van der Waals surface area contributed by atoms with Crippen molar-refractivity contribution >= 4 is 38.7 Å². The summed E-state index contributed by atoms with van der Waals surface area (Å²) in [5, 5.41) is 2.53. The number of carbonyl (C=O) groups is 2. The summed E-state index contributed by atoms with van der Waals surface area (Å²) >= 11 is 1.16. The van der Waals surface area contributed by atoms with Crippen molar-refractivity contribution in [3.63, 3.8) is 0 Å². The molecule has 0 aliphatic carbocycles. The highest BCUT2D eigenvalue weighted by atomic mass is 32.2. The second kappa shape index (κ2) is 8.37. The van der Waals surface area contributed by atoms with Crippen molar-refractivity contribution in [2.24, 2.45) is 0 Å². The van der Waals surface area contributed by atoms with Gasteiger partial charge in [0, 0.05) is 4.88 Å². The maximum Gasteiger partial charge on any atom is 0.350 e. The normalized spacial score (nSPS) is 11.0. The van der Waals surface area contributed by atoms with Crippen LogP contribution in [0.25, 0.3) is 10.4 Å². The molecule has 0 fully saturated rings. The molecule has 6 nitrogen and oxygen atoms in total. The number of ether oxygens (including phenoxy) is 1. The Hall–Kier alpha value is -2.97. The van der Waals surface area contributed by atoms with Gasteiger partial charge in [-0.2, -0.15) is 0 Å². The molecule has 8 heteroatoms. The molecule has 0 bridgehead atoms. The number of hydrogen-bond donors (Lipinski definition) is 1. The minimum Gasteiger partial charge on any atom is -0.465 e. The molecule has 1 heterocycles. The van der Waals surface area contributed by atoms with Crippen LogP contribution in [0.1, 0.15) is 9.67 Å². The van der Waals surface area contributed by atoms with Crippen LogP contribution in [0.2, 0.25) is 0 Å². The summed E-state index contributed by atoms with van der Waals surface area (Å²) in [7, 11) is -2.54. The van der Waals surface area contributed by atoms with Crippen molar-refractivity contribution in [2.45, 2.75) is 4.90 Å². The third-order valence-corrected chi connectivity index (χ3v) is 6.66. The molecule has 1 amide bonds. The van der Waals surface area contributed by atoms with Gasteiger partial charge in [0.1, 0.15) is 10.6 Å². The summed E-state index contributed by atoms with van der Waals surface area (Å²) in [6, 6.07) is 18.7. The number of carbonyl (C=O) groups excluding carboxylic acids is 2. The maximum atomic E-state index is 12.4. The van der Waals surface area contributed by atoms with Gasteiger partial charge >= 0.3 is 5.97 Å². The molecule has 3 rings (SSSR count). The van der Waals surface area contributed by atoms with Gasteiger partial charge in [0.05, 0.1) is 17.7 Å². The maximum absolute atomic E-state index is 12.4. The Balaban J connectivity index is 1.85. The molecule has 1 aromatic heterocycles. The number of methoxy groups -OCH3 is 1. The summed E-state index contributed by atoms with van der Waals surface area (Å²) in [5.41, 5.74) is 1.10. The number of thiophene rings is 1. The molecule has 3 aromatic rings. The largest absolute Gasteiger partial charge is 0.465 e. The molecule has 0 unspecified atom stereocenters. The van der Waals surface area contributed by atoms with Crippen LogP contribution in [-0.2, 0) is 19.4 Å². The lowest BCUT2D eigenvalue weighted by Gasteiger charge is -2.06. The summed E-state index contributed by atoms with van der Waals surface area (Å²) in [5.74, 6) is -2.06. The molecule has 0 saturated heterocycles. The zero-order valence-corrected chi connectivity index (χ0v) is 16.5. The molecule has 144 valence electrons. The highest BCUT2D eigenvalue weighted by Crippen LogP contribution is 2.35. The number of rotatable bonds is 6. The number of sulfone groups is 1. The van der Waals surface area contributed by atoms with Crippen LogP contribution in [-0.4, -0.2) is 33.2 Å². The van der Waals surface area contributed by atoms with E-state index in [-0.39, 0.29) is 15.5 Å². The van der Waals surface area contributed by atoms with Crippen molar-refractivity contribution in [1.82, 2.24) is 0 Å². The van der Waals surface area contributed by atoms with Crippen molar-refractivity contribution in [2.75, 3.05) is 18.2 Å². The number of esters is 1. The SMILES string of the molecule is COC(=O)c1sc(-c2ccccc2)cc1NC(=O)CS(=O)(=O)c1ccccc1. The summed E-state index contributed by atoms with van der Waals surface area (Å²) in [6.45, 7) is 0. The van der Waals surface area contributed by atoms with Crippen LogP contribution in [0, 0.1) is 0 Å². The fourth-order valence-electron chi connectivity index (χ4n) is 2.54. The van der Waals surface area contributed by atoms with Gasteiger partial charge in [0.25, 0.3) is 0 Å². The average molecular weight is 415 g/mol. The van der Waals surface area contributed by atoms with Gasteiger partial charge in [-0.1, -0.05) is 48.5 Å². The van der Waals surface area contributed by atoms with Gasteiger partial charge in [-0.05, 0) is 23.8 Å². The Morgan fingerprint density at radius 1 is 1.00 bits per heavy atom. The minimum absolute atomic E-state index is 0.0636. The number of hydrogen-bond acceptors (Lipinski definition) is 6. The molecule has 28 heavy (non-hydrogen) atoms. The van der Waals surface area contributed by atoms with Gasteiger partial charge in [-0.15, -0.1) is 11.3 Å². The highest BCUT2D eigenvalue weighted by molar-refractivity contribution is 7.92. The number of benzene rings is 2. The van der Waals surface area contributed by atoms with Gasteiger partial charge in [-0.3, -0.25) is 4.79 Å². The molecule has 0 aliphatic heterocycles. The van der Waals surface area contributed by atoms with Crippen molar-refractivity contribution in [3.05, 3.63) is 71.6 Å². The van der Waals surface area contributed by atoms with E-state index >= 15 is 0 Å². The third-order valence-electron chi connectivity index (χ3n) is 3.86. The predicted molar refractivity (Wildman–Crippen MR) is 108 cm³/mol. The van der Waals surface area contributed by atoms with E-state index in [1.165, 1.54) is 19.2 Å². The molecule has 0 radical (unpaired) electrons. The molecule has 2 aromatic carbocycles. The van der Waals surface area contributed by atoms with E-state index in [9.17, 15) is 18.0 Å². The first kappa shape index (κ1) is 19.8. The first-order valence-corrected chi connectivity index (χ1v) is 10.7. The van der Waals surface area contributed by atoms with E-state index in [2.05, 4.69) is 5.32 Å². The fraction of sp³-hybridized carbons (Fsp3) is 0.100. The van der Waals surface area contributed by atoms with Crippen molar-refractivity contribution in [1.29, 1.82) is 0 Å². The van der Waals surface area contributed by atoms with E-state index < -0.39 is 27.5 Å². The number of nitrogens with one attached hydrogen (secondary N) is 1. The highest BCUT2D eigenvalue weighted by Gasteiger charge is 2.23. The first-order valence-electron chi connectivity index (χ1n) is 8.26. The number of anilines is 1. The second-order valence-electron chi connectivity index (χ2n) is 5.83.